The summed E-state index contributed by atoms with van der Waals surface area (Å²) >= 11 is 0. The monoisotopic (exact) mass is 386 g/mol. The summed E-state index contributed by atoms with van der Waals surface area (Å²) in [6, 6.07) is 13.2. The van der Waals surface area contributed by atoms with E-state index in [1.807, 2.05) is 42.5 Å². The highest BCUT2D eigenvalue weighted by atomic mass is 16.6. The second-order valence-electron chi connectivity index (χ2n) is 6.80. The van der Waals surface area contributed by atoms with E-state index >= 15 is 0 Å². The Kier molecular flexibility index (Phi) is 5.43. The fourth-order valence-corrected chi connectivity index (χ4v) is 3.68. The number of hydrogen-bond acceptors (Lipinski definition) is 6. The van der Waals surface area contributed by atoms with Crippen LogP contribution in [0.3, 0.4) is 0 Å². The molecule has 0 bridgehead atoms. The summed E-state index contributed by atoms with van der Waals surface area (Å²) in [6.07, 6.45) is -1.87. The fourth-order valence-electron chi connectivity index (χ4n) is 3.68. The van der Waals surface area contributed by atoms with Crippen molar-refractivity contribution >= 4 is 28.5 Å². The van der Waals surface area contributed by atoms with Gasteiger partial charge >= 0.3 is 6.09 Å². The largest absolute Gasteiger partial charge is 0.441 e. The molecule has 0 spiro atoms. The van der Waals surface area contributed by atoms with Gasteiger partial charge in [-0.25, -0.2) is 4.79 Å². The van der Waals surface area contributed by atoms with E-state index < -0.39 is 18.3 Å². The van der Waals surface area contributed by atoms with E-state index in [4.69, 9.17) is 18.9 Å². The van der Waals surface area contributed by atoms with Crippen molar-refractivity contribution in [2.45, 2.75) is 24.4 Å². The second-order valence-corrected chi connectivity index (χ2v) is 6.80. The molecule has 8 nitrogen and oxygen atoms in total. The minimum Gasteiger partial charge on any atom is -0.441 e. The van der Waals surface area contributed by atoms with E-state index in [2.05, 4.69) is 10.6 Å². The number of benzene rings is 2. The third-order valence-corrected chi connectivity index (χ3v) is 4.91. The molecule has 0 unspecified atom stereocenters. The molecule has 2 amide bonds. The Morgan fingerprint density at radius 1 is 1.07 bits per heavy atom. The zero-order valence-electron chi connectivity index (χ0n) is 15.4. The van der Waals surface area contributed by atoms with Crippen molar-refractivity contribution in [3.63, 3.8) is 0 Å². The van der Waals surface area contributed by atoms with Gasteiger partial charge in [0.25, 0.3) is 0 Å². The van der Waals surface area contributed by atoms with Crippen molar-refractivity contribution in [1.29, 1.82) is 0 Å². The smallest absolute Gasteiger partial charge is 0.412 e. The molecule has 2 heterocycles. The van der Waals surface area contributed by atoms with Crippen LogP contribution in [0.25, 0.3) is 10.8 Å². The van der Waals surface area contributed by atoms with Crippen molar-refractivity contribution in [3.8, 4) is 0 Å². The molecule has 0 aromatic heterocycles. The quantitative estimate of drug-likeness (QED) is 0.812. The molecule has 0 radical (unpaired) electrons. The lowest BCUT2D eigenvalue weighted by Crippen LogP contribution is -2.45. The number of fused-ring (bicyclic) bond motifs is 2. The van der Waals surface area contributed by atoms with Gasteiger partial charge in [0.1, 0.15) is 18.8 Å². The molecule has 2 aromatic rings. The average Bonchev–Trinajstić information content (AvgIpc) is 3.26. The topological polar surface area (TPSA) is 95.1 Å². The van der Waals surface area contributed by atoms with Gasteiger partial charge < -0.3 is 24.3 Å². The number of carbonyl (C=O) groups is 2. The SMILES string of the molecule is COCC(=O)N[C@H]1CO[C@H]2[C@@H]1OC[C@H]2OC(=O)Nc1cccc2ccccc12. The molecule has 0 saturated carbocycles. The van der Waals surface area contributed by atoms with Crippen LogP contribution in [0, 0.1) is 0 Å². The Balaban J connectivity index is 1.36. The van der Waals surface area contributed by atoms with Crippen LogP contribution in [0.1, 0.15) is 0 Å². The highest BCUT2D eigenvalue weighted by Crippen LogP contribution is 2.29. The van der Waals surface area contributed by atoms with Gasteiger partial charge in [-0.2, -0.15) is 0 Å². The Morgan fingerprint density at radius 3 is 2.71 bits per heavy atom. The fraction of sp³-hybridized carbons (Fsp3) is 0.400. The molecule has 2 aliphatic rings. The molecule has 2 fully saturated rings. The lowest BCUT2D eigenvalue weighted by molar-refractivity contribution is -0.126. The van der Waals surface area contributed by atoms with E-state index in [1.54, 1.807) is 0 Å². The molecule has 148 valence electrons. The van der Waals surface area contributed by atoms with Gasteiger partial charge in [0, 0.05) is 12.5 Å². The van der Waals surface area contributed by atoms with Gasteiger partial charge in [-0.15, -0.1) is 0 Å². The van der Waals surface area contributed by atoms with E-state index in [1.165, 1.54) is 7.11 Å². The van der Waals surface area contributed by atoms with Crippen LogP contribution in [-0.2, 0) is 23.7 Å². The Hall–Kier alpha value is -2.68. The van der Waals surface area contributed by atoms with Gasteiger partial charge in [-0.3, -0.25) is 10.1 Å². The highest BCUT2D eigenvalue weighted by Gasteiger charge is 2.50. The summed E-state index contributed by atoms with van der Waals surface area (Å²) in [5.74, 6) is -0.238. The molecular formula is C20H22N2O6. The minimum atomic E-state index is -0.568. The third kappa shape index (κ3) is 3.80. The number of anilines is 1. The summed E-state index contributed by atoms with van der Waals surface area (Å²) < 4.78 is 21.8. The third-order valence-electron chi connectivity index (χ3n) is 4.91. The van der Waals surface area contributed by atoms with Gasteiger partial charge in [0.05, 0.1) is 24.9 Å². The minimum absolute atomic E-state index is 0.0265. The summed E-state index contributed by atoms with van der Waals surface area (Å²) in [4.78, 5) is 24.1. The van der Waals surface area contributed by atoms with Gasteiger partial charge in [0.2, 0.25) is 5.91 Å². The van der Waals surface area contributed by atoms with Gasteiger partial charge in [-0.05, 0) is 11.5 Å². The molecule has 4 rings (SSSR count). The normalized spacial score (nSPS) is 26.0. The van der Waals surface area contributed by atoms with Gasteiger partial charge in [0.15, 0.2) is 6.10 Å². The highest BCUT2D eigenvalue weighted by molar-refractivity contribution is 6.00. The van der Waals surface area contributed by atoms with Crippen LogP contribution in [0.5, 0.6) is 0 Å². The predicted molar refractivity (Wildman–Crippen MR) is 101 cm³/mol. The summed E-state index contributed by atoms with van der Waals surface area (Å²) in [6.45, 7) is 0.492. The molecule has 0 aliphatic carbocycles. The molecule has 2 aromatic carbocycles. The van der Waals surface area contributed by atoms with Crippen molar-refractivity contribution in [3.05, 3.63) is 42.5 Å². The first-order valence-corrected chi connectivity index (χ1v) is 9.12. The van der Waals surface area contributed by atoms with Crippen molar-refractivity contribution < 1.29 is 28.5 Å². The van der Waals surface area contributed by atoms with Crippen LogP contribution >= 0.6 is 0 Å². The standard InChI is InChI=1S/C20H22N2O6/c1-25-11-17(23)21-15-9-26-19-16(10-27-18(15)19)28-20(24)22-14-8-4-6-12-5-2-3-7-13(12)14/h2-8,15-16,18-19H,9-11H2,1H3,(H,21,23)(H,22,24)/t15-,16+,18+,19+/m0/s1. The molecule has 2 saturated heterocycles. The second kappa shape index (κ2) is 8.14. The maximum Gasteiger partial charge on any atom is 0.412 e. The Labute approximate surface area is 162 Å². The van der Waals surface area contributed by atoms with Crippen LogP contribution in [0.2, 0.25) is 0 Å². The summed E-state index contributed by atoms with van der Waals surface area (Å²) in [5.41, 5.74) is 0.676. The zero-order valence-corrected chi connectivity index (χ0v) is 15.4. The van der Waals surface area contributed by atoms with Crippen LogP contribution < -0.4 is 10.6 Å². The average molecular weight is 386 g/mol. The van der Waals surface area contributed by atoms with E-state index in [0.717, 1.165) is 10.8 Å². The first kappa shape index (κ1) is 18.7. The first-order chi connectivity index (χ1) is 13.7. The summed E-state index contributed by atoms with van der Waals surface area (Å²) in [7, 11) is 1.46. The molecule has 28 heavy (non-hydrogen) atoms. The first-order valence-electron chi connectivity index (χ1n) is 9.12. The number of nitrogens with one attached hydrogen (secondary N) is 2. The molecule has 4 atom stereocenters. The van der Waals surface area contributed by atoms with Crippen LogP contribution in [0.15, 0.2) is 42.5 Å². The Bertz CT molecular complexity index is 867. The molecule has 8 heteroatoms. The number of hydrogen-bond donors (Lipinski definition) is 2. The van der Waals surface area contributed by atoms with E-state index in [9.17, 15) is 9.59 Å². The number of methoxy groups -OCH3 is 1. The van der Waals surface area contributed by atoms with Crippen molar-refractivity contribution in [2.75, 3.05) is 32.2 Å². The van der Waals surface area contributed by atoms with Crippen molar-refractivity contribution in [2.24, 2.45) is 0 Å². The number of carbonyl (C=O) groups excluding carboxylic acids is 2. The van der Waals surface area contributed by atoms with Crippen LogP contribution in [-0.4, -0.2) is 63.3 Å². The maximum absolute atomic E-state index is 12.4. The number of ether oxygens (including phenoxy) is 4. The van der Waals surface area contributed by atoms with E-state index in [0.29, 0.717) is 12.3 Å². The maximum atomic E-state index is 12.4. The predicted octanol–water partition coefficient (Wildman–Crippen LogP) is 1.69. The van der Waals surface area contributed by atoms with Crippen LogP contribution in [0.4, 0.5) is 10.5 Å². The lowest BCUT2D eigenvalue weighted by Gasteiger charge is -2.18. The number of amides is 2. The summed E-state index contributed by atoms with van der Waals surface area (Å²) in [5, 5.41) is 7.57. The van der Waals surface area contributed by atoms with Crippen molar-refractivity contribution in [1.82, 2.24) is 5.32 Å². The molecule has 2 aliphatic heterocycles. The molecule has 2 N–H and O–H groups in total. The molecular weight excluding hydrogens is 364 g/mol. The zero-order chi connectivity index (χ0) is 19.5. The lowest BCUT2D eigenvalue weighted by atomic mass is 10.1. The van der Waals surface area contributed by atoms with E-state index in [-0.39, 0.29) is 31.3 Å². The number of rotatable bonds is 5. The Morgan fingerprint density at radius 2 is 1.86 bits per heavy atom. The van der Waals surface area contributed by atoms with Gasteiger partial charge in [-0.1, -0.05) is 36.4 Å².